The van der Waals surface area contributed by atoms with E-state index in [2.05, 4.69) is 0 Å². The van der Waals surface area contributed by atoms with Crippen LogP contribution in [0.2, 0.25) is 0 Å². The predicted molar refractivity (Wildman–Crippen MR) is 84.2 cm³/mol. The van der Waals surface area contributed by atoms with Gasteiger partial charge >= 0.3 is 23.9 Å². The van der Waals surface area contributed by atoms with E-state index in [0.717, 1.165) is 9.80 Å². The number of nitrogens with zero attached hydrogens (tertiary/aromatic N) is 2. The lowest BCUT2D eigenvalue weighted by Gasteiger charge is -2.31. The van der Waals surface area contributed by atoms with Gasteiger partial charge in [-0.3, -0.25) is 19.4 Å². The fourth-order valence-corrected chi connectivity index (χ4v) is 2.06. The average molecular weight is 380 g/mol. The first-order valence-electron chi connectivity index (χ1n) is 7.71. The Kier molecular flexibility index (Phi) is 10.4. The Hall–Kier alpha value is -2.28. The normalized spacial score (nSPS) is 14.8. The molecule has 0 radical (unpaired) electrons. The minimum Gasteiger partial charge on any atom is -0.480 e. The molecule has 2 atom stereocenters. The molecule has 0 saturated carbocycles. The fourth-order valence-electron chi connectivity index (χ4n) is 2.06. The van der Waals surface area contributed by atoms with E-state index in [-0.39, 0.29) is 13.1 Å². The van der Waals surface area contributed by atoms with Gasteiger partial charge in [0.1, 0.15) is 0 Å². The molecule has 0 rings (SSSR count). The van der Waals surface area contributed by atoms with Gasteiger partial charge in [-0.1, -0.05) is 13.8 Å². The maximum absolute atomic E-state index is 11.4. The number of hydrogen-bond donors (Lipinski definition) is 4. The van der Waals surface area contributed by atoms with E-state index in [1.807, 2.05) is 0 Å². The highest BCUT2D eigenvalue weighted by atomic mass is 16.7. The van der Waals surface area contributed by atoms with E-state index in [9.17, 15) is 29.4 Å². The van der Waals surface area contributed by atoms with Crippen molar-refractivity contribution >= 4 is 23.9 Å². The molecule has 0 aromatic heterocycles. The molecule has 12 heteroatoms. The van der Waals surface area contributed by atoms with Crippen molar-refractivity contribution < 1.29 is 49.1 Å². The number of ether oxygens (including phenoxy) is 2. The Bertz CT molecular complexity index is 468. The second-order valence-corrected chi connectivity index (χ2v) is 5.13. The van der Waals surface area contributed by atoms with Gasteiger partial charge in [-0.05, 0) is 20.0 Å². The Labute approximate surface area is 149 Å². The number of carbonyl (C=O) groups is 4. The number of carboxylic acid groups (broad SMARTS) is 4. The smallest absolute Gasteiger partial charge is 0.348 e. The maximum Gasteiger partial charge on any atom is 0.348 e. The third-order valence-corrected chi connectivity index (χ3v) is 3.22. The molecule has 4 N–H and O–H groups in total. The molecule has 150 valence electrons. The summed E-state index contributed by atoms with van der Waals surface area (Å²) in [5, 5.41) is 36.1. The van der Waals surface area contributed by atoms with Crippen molar-refractivity contribution in [2.45, 2.75) is 39.5 Å². The van der Waals surface area contributed by atoms with Crippen molar-refractivity contribution in [2.24, 2.45) is 0 Å². The monoisotopic (exact) mass is 380 g/mol. The van der Waals surface area contributed by atoms with Crippen LogP contribution >= 0.6 is 0 Å². The van der Waals surface area contributed by atoms with Crippen molar-refractivity contribution in [2.75, 3.05) is 26.2 Å². The Morgan fingerprint density at radius 3 is 1.27 bits per heavy atom. The van der Waals surface area contributed by atoms with E-state index < -0.39 is 55.7 Å². The van der Waals surface area contributed by atoms with Crippen LogP contribution in [0.4, 0.5) is 0 Å². The van der Waals surface area contributed by atoms with Gasteiger partial charge in [0.25, 0.3) is 0 Å². The van der Waals surface area contributed by atoms with Crippen LogP contribution in [0.3, 0.4) is 0 Å². The first kappa shape index (κ1) is 23.7. The van der Waals surface area contributed by atoms with E-state index in [1.54, 1.807) is 0 Å². The van der Waals surface area contributed by atoms with Crippen LogP contribution in [0.5, 0.6) is 0 Å². The summed E-state index contributed by atoms with van der Waals surface area (Å²) in [6.45, 7) is 3.15. The minimum absolute atomic E-state index is 0.0401. The van der Waals surface area contributed by atoms with Gasteiger partial charge in [0.05, 0.1) is 13.1 Å². The summed E-state index contributed by atoms with van der Waals surface area (Å²) in [5.41, 5.74) is 0. The number of rotatable bonds is 14. The number of aliphatic carboxylic acids is 4. The largest absolute Gasteiger partial charge is 0.480 e. The molecular formula is C14H24N2O10. The minimum atomic E-state index is -1.69. The zero-order valence-corrected chi connectivity index (χ0v) is 14.7. The second kappa shape index (κ2) is 11.4. The van der Waals surface area contributed by atoms with Crippen molar-refractivity contribution in [3.63, 3.8) is 0 Å². The van der Waals surface area contributed by atoms with Gasteiger partial charge in [0.15, 0.2) is 6.29 Å². The molecule has 0 aromatic rings. The summed E-state index contributed by atoms with van der Waals surface area (Å²) in [6.07, 6.45) is -4.74. The molecule has 0 heterocycles. The van der Waals surface area contributed by atoms with Gasteiger partial charge in [0, 0.05) is 0 Å². The molecule has 0 amide bonds. The number of hydrogen-bond acceptors (Lipinski definition) is 8. The third-order valence-electron chi connectivity index (χ3n) is 3.22. The molecule has 26 heavy (non-hydrogen) atoms. The lowest BCUT2D eigenvalue weighted by molar-refractivity contribution is -0.244. The van der Waals surface area contributed by atoms with Crippen molar-refractivity contribution in [1.29, 1.82) is 0 Å². The van der Waals surface area contributed by atoms with Gasteiger partial charge < -0.3 is 29.9 Å². The zero-order valence-electron chi connectivity index (χ0n) is 14.7. The highest BCUT2D eigenvalue weighted by Crippen LogP contribution is 2.11. The molecule has 0 fully saturated rings. The van der Waals surface area contributed by atoms with Crippen LogP contribution in [0.15, 0.2) is 0 Å². The van der Waals surface area contributed by atoms with Crippen LogP contribution in [0.1, 0.15) is 20.8 Å². The van der Waals surface area contributed by atoms with E-state index in [4.69, 9.17) is 19.7 Å². The highest BCUT2D eigenvalue weighted by Gasteiger charge is 2.33. The summed E-state index contributed by atoms with van der Waals surface area (Å²) in [5.74, 6) is -5.49. The molecule has 0 aliphatic carbocycles. The lowest BCUT2D eigenvalue weighted by atomic mass is 10.4. The number of carboxylic acids is 4. The Balaban J connectivity index is 5.18. The Morgan fingerprint density at radius 2 is 1.08 bits per heavy atom. The molecule has 0 spiro atoms. The van der Waals surface area contributed by atoms with Crippen LogP contribution in [0, 0.1) is 0 Å². The van der Waals surface area contributed by atoms with Gasteiger partial charge in [-0.2, -0.15) is 0 Å². The fraction of sp³-hybridized carbons (Fsp3) is 0.714. The lowest BCUT2D eigenvalue weighted by Crippen LogP contribution is -2.50. The molecule has 0 aliphatic heterocycles. The first-order chi connectivity index (χ1) is 12.0. The van der Waals surface area contributed by atoms with E-state index in [0.29, 0.717) is 0 Å². The van der Waals surface area contributed by atoms with Crippen LogP contribution < -0.4 is 0 Å². The zero-order chi connectivity index (χ0) is 20.4. The topological polar surface area (TPSA) is 174 Å². The van der Waals surface area contributed by atoms with Crippen LogP contribution in [0.25, 0.3) is 0 Å². The maximum atomic E-state index is 11.4. The Morgan fingerprint density at radius 1 is 0.769 bits per heavy atom. The molecule has 12 nitrogen and oxygen atoms in total. The van der Waals surface area contributed by atoms with Crippen molar-refractivity contribution in [1.82, 2.24) is 9.80 Å². The number of likely N-dealkylation sites (N-methyl/N-ethyl adjacent to an activating group) is 2. The van der Waals surface area contributed by atoms with Crippen molar-refractivity contribution in [3.05, 3.63) is 0 Å². The van der Waals surface area contributed by atoms with Crippen LogP contribution in [-0.2, 0) is 28.7 Å². The predicted octanol–water partition coefficient (Wildman–Crippen LogP) is -1.000. The summed E-state index contributed by atoms with van der Waals surface area (Å²) < 4.78 is 10.3. The SMILES string of the molecule is CCN(CC(=O)O)C(OC(C)OC(C(=O)O)N(CC)CC(=O)O)C(=O)O. The van der Waals surface area contributed by atoms with Crippen LogP contribution in [-0.4, -0.2) is 99.0 Å². The summed E-state index contributed by atoms with van der Waals surface area (Å²) in [4.78, 5) is 46.3. The summed E-state index contributed by atoms with van der Waals surface area (Å²) in [7, 11) is 0. The molecule has 0 aromatic carbocycles. The van der Waals surface area contributed by atoms with E-state index >= 15 is 0 Å². The molecular weight excluding hydrogens is 356 g/mol. The molecule has 2 unspecified atom stereocenters. The quantitative estimate of drug-likeness (QED) is 0.271. The molecule has 0 bridgehead atoms. The standard InChI is InChI=1S/C14H24N2O10/c1-4-15(6-9(17)18)11(13(21)22)25-8(3)26-12(14(23)24)16(5-2)7-10(19)20/h8,11-12H,4-7H2,1-3H3,(H,17,18)(H,19,20)(H,21,22)(H,23,24). The summed E-state index contributed by atoms with van der Waals surface area (Å²) in [6, 6.07) is 0. The van der Waals surface area contributed by atoms with Gasteiger partial charge in [-0.25, -0.2) is 9.59 Å². The average Bonchev–Trinajstić information content (AvgIpc) is 2.52. The highest BCUT2D eigenvalue weighted by molar-refractivity contribution is 5.75. The van der Waals surface area contributed by atoms with Crippen molar-refractivity contribution in [3.8, 4) is 0 Å². The third kappa shape index (κ3) is 8.20. The second-order valence-electron chi connectivity index (χ2n) is 5.13. The summed E-state index contributed by atoms with van der Waals surface area (Å²) >= 11 is 0. The molecule has 0 aliphatic rings. The van der Waals surface area contributed by atoms with Gasteiger partial charge in [0.2, 0.25) is 12.5 Å². The molecule has 0 saturated heterocycles. The van der Waals surface area contributed by atoms with Gasteiger partial charge in [-0.15, -0.1) is 0 Å². The first-order valence-corrected chi connectivity index (χ1v) is 7.71. The van der Waals surface area contributed by atoms with E-state index in [1.165, 1.54) is 20.8 Å².